The number of benzene rings is 1. The van der Waals surface area contributed by atoms with Crippen molar-refractivity contribution in [2.24, 2.45) is 0 Å². The quantitative estimate of drug-likeness (QED) is 0.698. The van der Waals surface area contributed by atoms with Crippen LogP contribution in [0, 0.1) is 6.92 Å². The number of hydrogen-bond donors (Lipinski definition) is 2. The van der Waals surface area contributed by atoms with Crippen molar-refractivity contribution in [3.05, 3.63) is 19.0 Å². The summed E-state index contributed by atoms with van der Waals surface area (Å²) >= 11 is 10.1. The second kappa shape index (κ2) is 3.55. The largest absolute Gasteiger partial charge is 0.397 e. The van der Waals surface area contributed by atoms with Gasteiger partial charge in [0.1, 0.15) is 0 Å². The van der Waals surface area contributed by atoms with E-state index < -0.39 is 0 Å². The van der Waals surface area contributed by atoms with Gasteiger partial charge in [-0.2, -0.15) is 0 Å². The summed E-state index contributed by atoms with van der Waals surface area (Å²) in [6, 6.07) is 0. The molecular weight excluding hydrogens is 352 g/mol. The van der Waals surface area contributed by atoms with Crippen molar-refractivity contribution < 1.29 is 0 Å². The molecule has 0 atom stereocenters. The summed E-state index contributed by atoms with van der Waals surface area (Å²) in [6.07, 6.45) is 0. The average Bonchev–Trinajstić information content (AvgIpc) is 2.08. The van der Waals surface area contributed by atoms with Crippen molar-refractivity contribution in [2.45, 2.75) is 6.92 Å². The molecular formula is C7H7Br3N2. The van der Waals surface area contributed by atoms with Crippen LogP contribution in [0.4, 0.5) is 11.4 Å². The Labute approximate surface area is 96.1 Å². The van der Waals surface area contributed by atoms with E-state index in [2.05, 4.69) is 47.8 Å². The van der Waals surface area contributed by atoms with Gasteiger partial charge in [0.15, 0.2) is 0 Å². The first-order chi connectivity index (χ1) is 5.46. The molecule has 1 aromatic rings. The minimum absolute atomic E-state index is 0.633. The lowest BCUT2D eigenvalue weighted by atomic mass is 10.2. The third kappa shape index (κ3) is 1.49. The van der Waals surface area contributed by atoms with Gasteiger partial charge in [0.25, 0.3) is 0 Å². The Bertz CT molecular complexity index is 231. The fraction of sp³-hybridized carbons (Fsp3) is 0.143. The van der Waals surface area contributed by atoms with Crippen LogP contribution >= 0.6 is 47.8 Å². The van der Waals surface area contributed by atoms with Gasteiger partial charge < -0.3 is 11.5 Å². The van der Waals surface area contributed by atoms with Crippen LogP contribution in [-0.4, -0.2) is 0 Å². The van der Waals surface area contributed by atoms with Crippen LogP contribution in [-0.2, 0) is 0 Å². The van der Waals surface area contributed by atoms with Gasteiger partial charge in [0, 0.05) is 8.95 Å². The average molecular weight is 359 g/mol. The molecule has 66 valence electrons. The van der Waals surface area contributed by atoms with E-state index in [1.165, 1.54) is 0 Å². The van der Waals surface area contributed by atoms with Crippen molar-refractivity contribution in [2.75, 3.05) is 11.5 Å². The van der Waals surface area contributed by atoms with Gasteiger partial charge in [-0.3, -0.25) is 0 Å². The molecule has 0 bridgehead atoms. The second-order valence-electron chi connectivity index (χ2n) is 2.39. The molecule has 1 aromatic carbocycles. The molecule has 2 nitrogen and oxygen atoms in total. The van der Waals surface area contributed by atoms with Gasteiger partial charge in [-0.15, -0.1) is 0 Å². The van der Waals surface area contributed by atoms with Crippen molar-refractivity contribution >= 4 is 59.2 Å². The lowest BCUT2D eigenvalue weighted by Gasteiger charge is -2.11. The number of nitrogens with two attached hydrogens (primary N) is 2. The van der Waals surface area contributed by atoms with Crippen molar-refractivity contribution in [3.8, 4) is 0 Å². The van der Waals surface area contributed by atoms with Crippen LogP contribution in [0.2, 0.25) is 0 Å². The molecule has 0 heterocycles. The smallest absolute Gasteiger partial charge is 0.0657 e. The minimum Gasteiger partial charge on any atom is -0.397 e. The van der Waals surface area contributed by atoms with E-state index in [-0.39, 0.29) is 0 Å². The fourth-order valence-electron chi connectivity index (χ4n) is 0.838. The lowest BCUT2D eigenvalue weighted by Crippen LogP contribution is -1.98. The number of anilines is 2. The molecule has 0 amide bonds. The van der Waals surface area contributed by atoms with Crippen LogP contribution in [0.25, 0.3) is 0 Å². The molecule has 0 aliphatic carbocycles. The number of halogens is 3. The molecule has 12 heavy (non-hydrogen) atoms. The highest BCUT2D eigenvalue weighted by molar-refractivity contribution is 9.12. The summed E-state index contributed by atoms with van der Waals surface area (Å²) in [6.45, 7) is 1.94. The summed E-state index contributed by atoms with van der Waals surface area (Å²) in [5.41, 5.74) is 13.8. The highest BCUT2D eigenvalue weighted by atomic mass is 79.9. The highest BCUT2D eigenvalue weighted by Crippen LogP contribution is 2.41. The van der Waals surface area contributed by atoms with Gasteiger partial charge in [-0.25, -0.2) is 0 Å². The third-order valence-corrected chi connectivity index (χ3v) is 4.50. The lowest BCUT2D eigenvalue weighted by molar-refractivity contribution is 1.38. The van der Waals surface area contributed by atoms with E-state index in [4.69, 9.17) is 11.5 Å². The van der Waals surface area contributed by atoms with E-state index >= 15 is 0 Å². The van der Waals surface area contributed by atoms with Crippen molar-refractivity contribution in [1.82, 2.24) is 0 Å². The van der Waals surface area contributed by atoms with Gasteiger partial charge in [-0.05, 0) is 60.3 Å². The van der Waals surface area contributed by atoms with Crippen molar-refractivity contribution in [1.29, 1.82) is 0 Å². The molecule has 0 spiro atoms. The van der Waals surface area contributed by atoms with Gasteiger partial charge in [0.2, 0.25) is 0 Å². The zero-order chi connectivity index (χ0) is 9.46. The van der Waals surface area contributed by atoms with Gasteiger partial charge >= 0.3 is 0 Å². The van der Waals surface area contributed by atoms with E-state index in [1.807, 2.05) is 6.92 Å². The highest BCUT2D eigenvalue weighted by Gasteiger charge is 2.13. The topological polar surface area (TPSA) is 52.0 Å². The number of nitrogen functional groups attached to an aromatic ring is 2. The first-order valence-corrected chi connectivity index (χ1v) is 5.52. The predicted octanol–water partition coefficient (Wildman–Crippen LogP) is 3.45. The first-order valence-electron chi connectivity index (χ1n) is 3.14. The Balaban J connectivity index is 3.60. The molecule has 0 aliphatic rings. The number of rotatable bonds is 0. The fourth-order valence-corrected chi connectivity index (χ4v) is 2.83. The maximum absolute atomic E-state index is 5.76. The Morgan fingerprint density at radius 3 is 1.50 bits per heavy atom. The van der Waals surface area contributed by atoms with Crippen LogP contribution in [0.1, 0.15) is 5.56 Å². The van der Waals surface area contributed by atoms with E-state index in [9.17, 15) is 0 Å². The Kier molecular flexibility index (Phi) is 3.06. The number of hydrogen-bond acceptors (Lipinski definition) is 2. The predicted molar refractivity (Wildman–Crippen MR) is 63.1 cm³/mol. The van der Waals surface area contributed by atoms with E-state index in [0.29, 0.717) is 11.4 Å². The van der Waals surface area contributed by atoms with Crippen LogP contribution in [0.15, 0.2) is 13.4 Å². The normalized spacial score (nSPS) is 10.3. The molecule has 0 saturated carbocycles. The Hall–Kier alpha value is 0.260. The maximum Gasteiger partial charge on any atom is 0.0657 e. The summed E-state index contributed by atoms with van der Waals surface area (Å²) in [5, 5.41) is 0. The third-order valence-electron chi connectivity index (χ3n) is 1.60. The zero-order valence-corrected chi connectivity index (χ0v) is 11.0. The maximum atomic E-state index is 5.76. The first kappa shape index (κ1) is 10.3. The molecule has 1 rings (SSSR count). The molecule has 0 aromatic heterocycles. The molecule has 0 unspecified atom stereocenters. The van der Waals surface area contributed by atoms with Crippen LogP contribution in [0.5, 0.6) is 0 Å². The molecule has 0 saturated heterocycles. The SMILES string of the molecule is Cc1c(Br)c(N)c(Br)c(N)c1Br. The Morgan fingerprint density at radius 2 is 1.17 bits per heavy atom. The molecule has 4 N–H and O–H groups in total. The van der Waals surface area contributed by atoms with Crippen LogP contribution in [0.3, 0.4) is 0 Å². The van der Waals surface area contributed by atoms with Crippen LogP contribution < -0.4 is 11.5 Å². The molecule has 5 heteroatoms. The van der Waals surface area contributed by atoms with Gasteiger partial charge in [0.05, 0.1) is 15.8 Å². The van der Waals surface area contributed by atoms with Gasteiger partial charge in [-0.1, -0.05) is 0 Å². The summed E-state index contributed by atoms with van der Waals surface area (Å²) in [5.74, 6) is 0. The summed E-state index contributed by atoms with van der Waals surface area (Å²) in [4.78, 5) is 0. The Morgan fingerprint density at radius 1 is 0.833 bits per heavy atom. The molecule has 0 aliphatic heterocycles. The summed E-state index contributed by atoms with van der Waals surface area (Å²) in [7, 11) is 0. The monoisotopic (exact) mass is 356 g/mol. The minimum atomic E-state index is 0.633. The van der Waals surface area contributed by atoms with E-state index in [1.54, 1.807) is 0 Å². The molecule has 0 fully saturated rings. The molecule has 0 radical (unpaired) electrons. The zero-order valence-electron chi connectivity index (χ0n) is 6.29. The van der Waals surface area contributed by atoms with Crippen molar-refractivity contribution in [3.63, 3.8) is 0 Å². The summed E-state index contributed by atoms with van der Waals surface area (Å²) < 4.78 is 2.47. The standard InChI is InChI=1S/C7H7Br3N2/c1-2-3(8)6(11)5(10)7(12)4(2)9/h11-12H2,1H3. The second-order valence-corrected chi connectivity index (χ2v) is 4.77. The van der Waals surface area contributed by atoms with E-state index in [0.717, 1.165) is 19.0 Å².